The predicted octanol–water partition coefficient (Wildman–Crippen LogP) is 1.25. The number of aliphatic hydroxyl groups is 2. The molecule has 0 fully saturated rings. The number of hydrogen-bond acceptors (Lipinski definition) is 3. The predicted molar refractivity (Wildman–Crippen MR) is 59.4 cm³/mol. The SMILES string of the molecule is CC(O)[Si](C)(C)O[Si](C)(C)C(C)O. The maximum Gasteiger partial charge on any atom is 0.202 e. The molecule has 2 atom stereocenters. The van der Waals surface area contributed by atoms with Gasteiger partial charge in [0, 0.05) is 0 Å². The molecule has 0 aromatic heterocycles. The van der Waals surface area contributed by atoms with Crippen molar-refractivity contribution in [3.63, 3.8) is 0 Å². The summed E-state index contributed by atoms with van der Waals surface area (Å²) < 4.78 is 5.93. The first-order chi connectivity index (χ1) is 5.59. The summed E-state index contributed by atoms with van der Waals surface area (Å²) in [5.41, 5.74) is -0.781. The third kappa shape index (κ3) is 3.91. The van der Waals surface area contributed by atoms with Crippen LogP contribution in [-0.4, -0.2) is 38.3 Å². The molecule has 0 aromatic carbocycles. The molecule has 0 spiro atoms. The molecule has 0 aliphatic carbocycles. The van der Waals surface area contributed by atoms with Crippen LogP contribution in [0.5, 0.6) is 0 Å². The lowest BCUT2D eigenvalue weighted by molar-refractivity contribution is 0.221. The molecule has 2 unspecified atom stereocenters. The van der Waals surface area contributed by atoms with Gasteiger partial charge in [-0.2, -0.15) is 0 Å². The van der Waals surface area contributed by atoms with Crippen LogP contribution in [0, 0.1) is 0 Å². The Morgan fingerprint density at radius 3 is 1.23 bits per heavy atom. The maximum atomic E-state index is 9.50. The van der Waals surface area contributed by atoms with Crippen molar-refractivity contribution < 1.29 is 14.3 Å². The Labute approximate surface area is 83.0 Å². The molecule has 80 valence electrons. The largest absolute Gasteiger partial charge is 0.452 e. The fraction of sp³-hybridized carbons (Fsp3) is 1.00. The van der Waals surface area contributed by atoms with Gasteiger partial charge < -0.3 is 14.3 Å². The van der Waals surface area contributed by atoms with Gasteiger partial charge in [0.15, 0.2) is 0 Å². The minimum Gasteiger partial charge on any atom is -0.452 e. The van der Waals surface area contributed by atoms with E-state index in [0.29, 0.717) is 0 Å². The monoisotopic (exact) mass is 222 g/mol. The summed E-state index contributed by atoms with van der Waals surface area (Å²) in [5, 5.41) is 19.0. The molecule has 0 rings (SSSR count). The van der Waals surface area contributed by atoms with E-state index in [-0.39, 0.29) is 0 Å². The first-order valence-corrected chi connectivity index (χ1v) is 10.6. The van der Waals surface area contributed by atoms with E-state index in [1.807, 2.05) is 26.2 Å². The molecule has 2 N–H and O–H groups in total. The molecule has 5 heteroatoms. The van der Waals surface area contributed by atoms with Crippen molar-refractivity contribution in [3.8, 4) is 0 Å². The minimum absolute atomic E-state index is 0.391. The normalized spacial score (nSPS) is 18.5. The highest BCUT2D eigenvalue weighted by Crippen LogP contribution is 2.19. The van der Waals surface area contributed by atoms with Gasteiger partial charge in [-0.25, -0.2) is 0 Å². The molecule has 0 saturated carbocycles. The van der Waals surface area contributed by atoms with Gasteiger partial charge in [-0.15, -0.1) is 0 Å². The molecular formula is C8H22O3Si2. The average Bonchev–Trinajstić information content (AvgIpc) is 1.83. The summed E-state index contributed by atoms with van der Waals surface area (Å²) in [7, 11) is -4.04. The highest BCUT2D eigenvalue weighted by molar-refractivity contribution is 6.85. The fourth-order valence-electron chi connectivity index (χ4n) is 0.849. The van der Waals surface area contributed by atoms with Crippen LogP contribution in [-0.2, 0) is 4.12 Å². The zero-order valence-corrected chi connectivity index (χ0v) is 11.5. The fourth-order valence-corrected chi connectivity index (χ4v) is 7.64. The Balaban J connectivity index is 4.42. The van der Waals surface area contributed by atoms with Crippen LogP contribution in [0.3, 0.4) is 0 Å². The summed E-state index contributed by atoms with van der Waals surface area (Å²) >= 11 is 0. The van der Waals surface area contributed by atoms with Crippen molar-refractivity contribution in [3.05, 3.63) is 0 Å². The standard InChI is InChI=1S/C8H22O3Si2/c1-7(9)12(3,4)11-13(5,6)8(2)10/h7-10H,1-6H3. The Morgan fingerprint density at radius 1 is 0.846 bits per heavy atom. The van der Waals surface area contributed by atoms with Gasteiger partial charge in [0.05, 0.1) is 11.5 Å². The van der Waals surface area contributed by atoms with Gasteiger partial charge in [0.25, 0.3) is 0 Å². The molecule has 0 aliphatic rings. The Morgan fingerprint density at radius 2 is 1.08 bits per heavy atom. The van der Waals surface area contributed by atoms with Crippen LogP contribution < -0.4 is 0 Å². The van der Waals surface area contributed by atoms with Gasteiger partial charge >= 0.3 is 0 Å². The van der Waals surface area contributed by atoms with Crippen LogP contribution in [0.15, 0.2) is 0 Å². The zero-order chi connectivity index (χ0) is 10.9. The van der Waals surface area contributed by atoms with Gasteiger partial charge in [0.1, 0.15) is 0 Å². The second kappa shape index (κ2) is 4.23. The van der Waals surface area contributed by atoms with E-state index < -0.39 is 28.1 Å². The van der Waals surface area contributed by atoms with Crippen LogP contribution in [0.1, 0.15) is 13.8 Å². The summed E-state index contributed by atoms with van der Waals surface area (Å²) in [5.74, 6) is 0. The van der Waals surface area contributed by atoms with E-state index in [1.54, 1.807) is 13.8 Å². The van der Waals surface area contributed by atoms with E-state index in [2.05, 4.69) is 0 Å². The highest BCUT2D eigenvalue weighted by atomic mass is 28.4. The maximum absolute atomic E-state index is 9.50. The molecule has 3 nitrogen and oxygen atoms in total. The Bertz CT molecular complexity index is 149. The van der Waals surface area contributed by atoms with Crippen molar-refractivity contribution in [2.75, 3.05) is 0 Å². The first kappa shape index (κ1) is 13.3. The van der Waals surface area contributed by atoms with Crippen molar-refractivity contribution in [2.24, 2.45) is 0 Å². The molecule has 0 aromatic rings. The summed E-state index contributed by atoms with van der Waals surface area (Å²) in [6, 6.07) is 0. The van der Waals surface area contributed by atoms with Crippen LogP contribution in [0.25, 0.3) is 0 Å². The Hall–Kier alpha value is 0.314. The quantitative estimate of drug-likeness (QED) is 0.704. The van der Waals surface area contributed by atoms with E-state index >= 15 is 0 Å². The van der Waals surface area contributed by atoms with Crippen LogP contribution in [0.2, 0.25) is 26.2 Å². The zero-order valence-electron chi connectivity index (χ0n) is 9.46. The van der Waals surface area contributed by atoms with Gasteiger partial charge in [-0.3, -0.25) is 0 Å². The molecule has 0 aliphatic heterocycles. The van der Waals surface area contributed by atoms with E-state index in [0.717, 1.165) is 0 Å². The van der Waals surface area contributed by atoms with Gasteiger partial charge in [-0.05, 0) is 40.0 Å². The molecule has 0 heterocycles. The van der Waals surface area contributed by atoms with Crippen LogP contribution in [0.4, 0.5) is 0 Å². The lowest BCUT2D eigenvalue weighted by Gasteiger charge is -2.37. The topological polar surface area (TPSA) is 49.7 Å². The van der Waals surface area contributed by atoms with E-state index in [9.17, 15) is 10.2 Å². The highest BCUT2D eigenvalue weighted by Gasteiger charge is 2.39. The molecular weight excluding hydrogens is 200 g/mol. The number of aliphatic hydroxyl groups excluding tert-OH is 2. The Kier molecular flexibility index (Phi) is 4.33. The average molecular weight is 222 g/mol. The third-order valence-electron chi connectivity index (χ3n) is 2.54. The number of rotatable bonds is 4. The summed E-state index contributed by atoms with van der Waals surface area (Å²) in [6.07, 6.45) is 0. The summed E-state index contributed by atoms with van der Waals surface area (Å²) in [4.78, 5) is 0. The lowest BCUT2D eigenvalue weighted by Crippen LogP contribution is -2.55. The lowest BCUT2D eigenvalue weighted by atomic mass is 10.9. The smallest absolute Gasteiger partial charge is 0.202 e. The molecule has 0 amide bonds. The second-order valence-electron chi connectivity index (χ2n) is 4.66. The minimum atomic E-state index is -2.02. The second-order valence-corrected chi connectivity index (χ2v) is 13.6. The van der Waals surface area contributed by atoms with Gasteiger partial charge in [0.2, 0.25) is 16.6 Å². The van der Waals surface area contributed by atoms with Crippen molar-refractivity contribution >= 4 is 16.6 Å². The molecule has 0 saturated heterocycles. The van der Waals surface area contributed by atoms with Crippen molar-refractivity contribution in [1.82, 2.24) is 0 Å². The molecule has 13 heavy (non-hydrogen) atoms. The van der Waals surface area contributed by atoms with Crippen LogP contribution >= 0.6 is 0 Å². The number of hydrogen-bond donors (Lipinski definition) is 2. The molecule has 0 radical (unpaired) electrons. The van der Waals surface area contributed by atoms with Gasteiger partial charge in [-0.1, -0.05) is 0 Å². The van der Waals surface area contributed by atoms with Crippen molar-refractivity contribution in [2.45, 2.75) is 51.5 Å². The first-order valence-electron chi connectivity index (χ1n) is 4.66. The summed E-state index contributed by atoms with van der Waals surface area (Å²) in [6.45, 7) is 11.4. The molecule has 0 bridgehead atoms. The third-order valence-corrected chi connectivity index (χ3v) is 10.8. The van der Waals surface area contributed by atoms with Crippen molar-refractivity contribution in [1.29, 1.82) is 0 Å². The van der Waals surface area contributed by atoms with E-state index in [1.165, 1.54) is 0 Å². The van der Waals surface area contributed by atoms with E-state index in [4.69, 9.17) is 4.12 Å².